The molecule has 1 aromatic rings. The van der Waals surface area contributed by atoms with Gasteiger partial charge in [0, 0.05) is 43.9 Å². The van der Waals surface area contributed by atoms with E-state index < -0.39 is 17.5 Å². The number of nitrogens with one attached hydrogen (secondary N) is 1. The Morgan fingerprint density at radius 1 is 1.18 bits per heavy atom. The first kappa shape index (κ1) is 12.4. The zero-order valence-corrected chi connectivity index (χ0v) is 9.64. The van der Waals surface area contributed by atoms with Gasteiger partial charge in [0.1, 0.15) is 5.82 Å². The van der Waals surface area contributed by atoms with Gasteiger partial charge in [-0.15, -0.1) is 0 Å². The van der Waals surface area contributed by atoms with Gasteiger partial charge in [0.25, 0.3) is 0 Å². The summed E-state index contributed by atoms with van der Waals surface area (Å²) in [5.41, 5.74) is 0.0874. The Morgan fingerprint density at radius 3 is 2.47 bits per heavy atom. The molecule has 1 heterocycles. The molecule has 1 saturated heterocycles. The smallest absolute Gasteiger partial charge is 0.163 e. The van der Waals surface area contributed by atoms with E-state index in [1.54, 1.807) is 6.92 Å². The number of nitrogens with zero attached hydrogens (tertiary/aromatic N) is 1. The number of halogens is 3. The highest BCUT2D eigenvalue weighted by Gasteiger charge is 2.23. The van der Waals surface area contributed by atoms with Crippen molar-refractivity contribution in [3.05, 3.63) is 35.1 Å². The van der Waals surface area contributed by atoms with Crippen molar-refractivity contribution in [3.8, 4) is 0 Å². The summed E-state index contributed by atoms with van der Waals surface area (Å²) >= 11 is 0. The van der Waals surface area contributed by atoms with Crippen LogP contribution in [0, 0.1) is 17.5 Å². The second-order valence-electron chi connectivity index (χ2n) is 4.25. The predicted octanol–water partition coefficient (Wildman–Crippen LogP) is 2.07. The minimum absolute atomic E-state index is 0.0874. The fourth-order valence-electron chi connectivity index (χ4n) is 2.15. The van der Waals surface area contributed by atoms with Crippen molar-refractivity contribution >= 4 is 0 Å². The first-order valence-corrected chi connectivity index (χ1v) is 5.69. The van der Waals surface area contributed by atoms with E-state index in [1.807, 2.05) is 4.90 Å². The molecular weight excluding hydrogens is 229 g/mol. The van der Waals surface area contributed by atoms with Crippen molar-refractivity contribution in [2.45, 2.75) is 13.0 Å². The molecule has 1 fully saturated rings. The monoisotopic (exact) mass is 244 g/mol. The molecule has 0 aromatic heterocycles. The Labute approximate surface area is 98.4 Å². The van der Waals surface area contributed by atoms with Gasteiger partial charge in [0.2, 0.25) is 0 Å². The van der Waals surface area contributed by atoms with Crippen molar-refractivity contribution in [3.63, 3.8) is 0 Å². The largest absolute Gasteiger partial charge is 0.314 e. The maximum atomic E-state index is 13.6. The molecule has 0 bridgehead atoms. The van der Waals surface area contributed by atoms with E-state index in [0.29, 0.717) is 6.07 Å². The van der Waals surface area contributed by atoms with E-state index in [-0.39, 0.29) is 11.6 Å². The quantitative estimate of drug-likeness (QED) is 0.801. The highest BCUT2D eigenvalue weighted by molar-refractivity contribution is 5.23. The van der Waals surface area contributed by atoms with Crippen LogP contribution in [0.5, 0.6) is 0 Å². The third-order valence-corrected chi connectivity index (χ3v) is 3.17. The van der Waals surface area contributed by atoms with Gasteiger partial charge in [-0.2, -0.15) is 0 Å². The van der Waals surface area contributed by atoms with E-state index in [2.05, 4.69) is 5.32 Å². The Balaban J connectivity index is 2.26. The van der Waals surface area contributed by atoms with Crippen molar-refractivity contribution in [1.29, 1.82) is 0 Å². The van der Waals surface area contributed by atoms with E-state index in [9.17, 15) is 13.2 Å². The molecule has 0 aliphatic carbocycles. The van der Waals surface area contributed by atoms with Crippen LogP contribution >= 0.6 is 0 Å². The second kappa shape index (κ2) is 5.06. The predicted molar refractivity (Wildman–Crippen MR) is 59.2 cm³/mol. The molecule has 0 amide bonds. The van der Waals surface area contributed by atoms with Crippen molar-refractivity contribution < 1.29 is 13.2 Å². The number of benzene rings is 1. The molecule has 1 aliphatic heterocycles. The van der Waals surface area contributed by atoms with Crippen molar-refractivity contribution in [2.75, 3.05) is 26.2 Å². The molecule has 0 spiro atoms. The molecule has 2 rings (SSSR count). The third-order valence-electron chi connectivity index (χ3n) is 3.17. The summed E-state index contributed by atoms with van der Waals surface area (Å²) in [6.07, 6.45) is 0. The number of hydrogen-bond donors (Lipinski definition) is 1. The Bertz CT molecular complexity index is 403. The second-order valence-corrected chi connectivity index (χ2v) is 4.25. The molecule has 94 valence electrons. The van der Waals surface area contributed by atoms with Crippen molar-refractivity contribution in [2.24, 2.45) is 0 Å². The summed E-state index contributed by atoms with van der Waals surface area (Å²) in [5.74, 6) is -2.81. The first-order chi connectivity index (χ1) is 8.09. The normalized spacial score (nSPS) is 19.3. The van der Waals surface area contributed by atoms with Gasteiger partial charge in [0.15, 0.2) is 11.6 Å². The molecule has 2 nitrogen and oxygen atoms in total. The summed E-state index contributed by atoms with van der Waals surface area (Å²) in [6.45, 7) is 4.88. The maximum absolute atomic E-state index is 13.6. The molecule has 1 aliphatic rings. The highest BCUT2D eigenvalue weighted by atomic mass is 19.2. The molecule has 1 atom stereocenters. The van der Waals surface area contributed by atoms with Crippen LogP contribution in [0.15, 0.2) is 12.1 Å². The zero-order valence-electron chi connectivity index (χ0n) is 9.64. The van der Waals surface area contributed by atoms with Crippen LogP contribution in [-0.2, 0) is 0 Å². The van der Waals surface area contributed by atoms with Gasteiger partial charge >= 0.3 is 0 Å². The minimum atomic E-state index is -1.12. The van der Waals surface area contributed by atoms with Gasteiger partial charge in [-0.1, -0.05) is 0 Å². The fraction of sp³-hybridized carbons (Fsp3) is 0.500. The first-order valence-electron chi connectivity index (χ1n) is 5.69. The van der Waals surface area contributed by atoms with E-state index in [0.717, 1.165) is 32.2 Å². The van der Waals surface area contributed by atoms with E-state index in [1.165, 1.54) is 0 Å². The SMILES string of the molecule is C[C@H](c1cc(F)cc(F)c1F)N1CCNCC1. The van der Waals surface area contributed by atoms with Crippen molar-refractivity contribution in [1.82, 2.24) is 10.2 Å². The van der Waals surface area contributed by atoms with Gasteiger partial charge in [-0.25, -0.2) is 13.2 Å². The maximum Gasteiger partial charge on any atom is 0.163 e. The molecule has 17 heavy (non-hydrogen) atoms. The summed E-state index contributed by atoms with van der Waals surface area (Å²) in [6, 6.07) is 1.33. The van der Waals surface area contributed by atoms with E-state index >= 15 is 0 Å². The Kier molecular flexibility index (Phi) is 3.69. The van der Waals surface area contributed by atoms with Gasteiger partial charge < -0.3 is 5.32 Å². The highest BCUT2D eigenvalue weighted by Crippen LogP contribution is 2.25. The van der Waals surface area contributed by atoms with Crippen LogP contribution in [0.25, 0.3) is 0 Å². The average Bonchev–Trinajstić information content (AvgIpc) is 2.34. The Hall–Kier alpha value is -1.07. The number of piperazine rings is 1. The lowest BCUT2D eigenvalue weighted by atomic mass is 10.0. The molecule has 0 saturated carbocycles. The number of hydrogen-bond acceptors (Lipinski definition) is 2. The standard InChI is InChI=1S/C12H15F3N2/c1-8(17-4-2-16-3-5-17)10-6-9(13)7-11(14)12(10)15/h6-8,16H,2-5H2,1H3/t8-/m1/s1. The lowest BCUT2D eigenvalue weighted by molar-refractivity contribution is 0.181. The van der Waals surface area contributed by atoms with Gasteiger partial charge in [-0.3, -0.25) is 4.90 Å². The minimum Gasteiger partial charge on any atom is -0.314 e. The van der Waals surface area contributed by atoms with Crippen LogP contribution in [-0.4, -0.2) is 31.1 Å². The van der Waals surface area contributed by atoms with Gasteiger partial charge in [0.05, 0.1) is 0 Å². The van der Waals surface area contributed by atoms with Crippen LogP contribution < -0.4 is 5.32 Å². The molecular formula is C12H15F3N2. The summed E-state index contributed by atoms with van der Waals surface area (Å²) in [5, 5.41) is 3.17. The van der Waals surface area contributed by atoms with Crippen LogP contribution in [0.1, 0.15) is 18.5 Å². The lowest BCUT2D eigenvalue weighted by Gasteiger charge is -2.33. The molecule has 1 aromatic carbocycles. The van der Waals surface area contributed by atoms with E-state index in [4.69, 9.17) is 0 Å². The molecule has 1 N–H and O–H groups in total. The Morgan fingerprint density at radius 2 is 1.82 bits per heavy atom. The summed E-state index contributed by atoms with van der Waals surface area (Å²) in [4.78, 5) is 2.01. The molecule has 5 heteroatoms. The fourth-order valence-corrected chi connectivity index (χ4v) is 2.15. The molecule has 0 unspecified atom stereocenters. The van der Waals surface area contributed by atoms with Crippen LogP contribution in [0.3, 0.4) is 0 Å². The topological polar surface area (TPSA) is 15.3 Å². The average molecular weight is 244 g/mol. The zero-order chi connectivity index (χ0) is 12.4. The summed E-state index contributed by atoms with van der Waals surface area (Å²) in [7, 11) is 0. The number of rotatable bonds is 2. The lowest BCUT2D eigenvalue weighted by Crippen LogP contribution is -2.44. The van der Waals surface area contributed by atoms with Crippen LogP contribution in [0.2, 0.25) is 0 Å². The summed E-state index contributed by atoms with van der Waals surface area (Å²) < 4.78 is 39.8. The molecule has 0 radical (unpaired) electrons. The van der Waals surface area contributed by atoms with Crippen LogP contribution in [0.4, 0.5) is 13.2 Å². The van der Waals surface area contributed by atoms with Gasteiger partial charge in [-0.05, 0) is 13.0 Å². The third kappa shape index (κ3) is 2.61.